The third kappa shape index (κ3) is 3.20. The molecule has 0 aliphatic carbocycles. The lowest BCUT2D eigenvalue weighted by molar-refractivity contribution is -0.126. The Labute approximate surface area is 122 Å². The third-order valence-electron chi connectivity index (χ3n) is 3.98. The summed E-state index contributed by atoms with van der Waals surface area (Å²) in [5.74, 6) is 3.86. The molecule has 2 amide bonds. The van der Waals surface area contributed by atoms with Crippen molar-refractivity contribution in [1.29, 1.82) is 0 Å². The van der Waals surface area contributed by atoms with Gasteiger partial charge in [0, 0.05) is 24.2 Å². The summed E-state index contributed by atoms with van der Waals surface area (Å²) in [6.07, 6.45) is 0.646. The average molecular weight is 294 g/mol. The van der Waals surface area contributed by atoms with Crippen LogP contribution in [-0.4, -0.2) is 29.8 Å². The zero-order valence-electron chi connectivity index (χ0n) is 11.9. The molecule has 1 unspecified atom stereocenters. The summed E-state index contributed by atoms with van der Waals surface area (Å²) in [7, 11) is 0. The van der Waals surface area contributed by atoms with Gasteiger partial charge in [-0.3, -0.25) is 19.9 Å². The van der Waals surface area contributed by atoms with E-state index in [9.17, 15) is 14.0 Å². The van der Waals surface area contributed by atoms with Crippen LogP contribution >= 0.6 is 0 Å². The molecule has 2 rings (SSSR count). The maximum absolute atomic E-state index is 13.9. The van der Waals surface area contributed by atoms with Gasteiger partial charge in [0.1, 0.15) is 5.82 Å². The maximum atomic E-state index is 13.9. The normalized spacial score (nSPS) is 22.2. The van der Waals surface area contributed by atoms with Crippen molar-refractivity contribution in [3.63, 3.8) is 0 Å². The molecule has 1 aromatic rings. The molecule has 0 aromatic heterocycles. The molecule has 1 saturated heterocycles. The van der Waals surface area contributed by atoms with Gasteiger partial charge in [-0.05, 0) is 38.1 Å². The first-order valence-electron chi connectivity index (χ1n) is 6.67. The molecule has 1 heterocycles. The van der Waals surface area contributed by atoms with Crippen LogP contribution in [0.2, 0.25) is 0 Å². The van der Waals surface area contributed by atoms with Crippen LogP contribution in [0.4, 0.5) is 4.39 Å². The molecule has 1 aliphatic rings. The molecule has 0 spiro atoms. The highest BCUT2D eigenvalue weighted by atomic mass is 19.1. The lowest BCUT2D eigenvalue weighted by atomic mass is 9.89. The third-order valence-corrected chi connectivity index (χ3v) is 3.98. The van der Waals surface area contributed by atoms with Gasteiger partial charge >= 0.3 is 0 Å². The van der Waals surface area contributed by atoms with Gasteiger partial charge in [-0.15, -0.1) is 0 Å². The van der Waals surface area contributed by atoms with Gasteiger partial charge in [0.15, 0.2) is 0 Å². The predicted molar refractivity (Wildman–Crippen MR) is 75.2 cm³/mol. The van der Waals surface area contributed by atoms with Crippen molar-refractivity contribution in [2.24, 2.45) is 17.0 Å². The number of amides is 2. The van der Waals surface area contributed by atoms with Crippen molar-refractivity contribution >= 4 is 11.8 Å². The van der Waals surface area contributed by atoms with Crippen molar-refractivity contribution in [2.45, 2.75) is 19.9 Å². The Kier molecular flexibility index (Phi) is 4.24. The second-order valence-corrected chi connectivity index (χ2v) is 5.67. The molecular formula is C14H19FN4O2. The SMILES string of the molecule is CC1(C(N)=O)CCN(Cc2cc(C(=O)NN)ccc2F)C1. The summed E-state index contributed by atoms with van der Waals surface area (Å²) in [6.45, 7) is 3.27. The molecule has 7 heteroatoms. The molecule has 1 aromatic carbocycles. The van der Waals surface area contributed by atoms with E-state index in [1.54, 1.807) is 0 Å². The highest BCUT2D eigenvalue weighted by Gasteiger charge is 2.38. The zero-order chi connectivity index (χ0) is 15.6. The smallest absolute Gasteiger partial charge is 0.265 e. The molecule has 6 nitrogen and oxygen atoms in total. The van der Waals surface area contributed by atoms with Crippen molar-refractivity contribution in [3.05, 3.63) is 35.1 Å². The number of halogens is 1. The fraction of sp³-hybridized carbons (Fsp3) is 0.429. The van der Waals surface area contributed by atoms with Gasteiger partial charge in [0.25, 0.3) is 5.91 Å². The van der Waals surface area contributed by atoms with Crippen molar-refractivity contribution in [1.82, 2.24) is 10.3 Å². The first-order chi connectivity index (χ1) is 9.85. The minimum absolute atomic E-state index is 0.297. The standard InChI is InChI=1S/C14H19FN4O2/c1-14(13(16)21)4-5-19(8-14)7-10-6-9(12(20)18-17)2-3-11(10)15/h2-3,6H,4-5,7-8,17H2,1H3,(H2,16,21)(H,18,20). The summed E-state index contributed by atoms with van der Waals surface area (Å²) in [4.78, 5) is 24.9. The molecule has 0 radical (unpaired) electrons. The molecule has 1 aliphatic heterocycles. The predicted octanol–water partition coefficient (Wildman–Crippen LogP) is 0.126. The van der Waals surface area contributed by atoms with E-state index in [0.717, 1.165) is 0 Å². The lowest BCUT2D eigenvalue weighted by Crippen LogP contribution is -2.37. The topological polar surface area (TPSA) is 101 Å². The quantitative estimate of drug-likeness (QED) is 0.417. The van der Waals surface area contributed by atoms with Crippen molar-refractivity contribution < 1.29 is 14.0 Å². The van der Waals surface area contributed by atoms with Crippen LogP contribution in [0.15, 0.2) is 18.2 Å². The van der Waals surface area contributed by atoms with E-state index in [2.05, 4.69) is 0 Å². The number of hydrogen-bond acceptors (Lipinski definition) is 4. The number of nitrogens with two attached hydrogens (primary N) is 2. The molecule has 1 atom stereocenters. The fourth-order valence-corrected chi connectivity index (χ4v) is 2.55. The number of hydrazine groups is 1. The van der Waals surface area contributed by atoms with Crippen LogP contribution in [0.25, 0.3) is 0 Å². The highest BCUT2D eigenvalue weighted by Crippen LogP contribution is 2.30. The monoisotopic (exact) mass is 294 g/mol. The number of carbonyl (C=O) groups excluding carboxylic acids is 2. The summed E-state index contributed by atoms with van der Waals surface area (Å²) in [6, 6.07) is 4.08. The number of nitrogens with one attached hydrogen (secondary N) is 1. The van der Waals surface area contributed by atoms with E-state index in [-0.39, 0.29) is 5.91 Å². The van der Waals surface area contributed by atoms with Crippen molar-refractivity contribution in [3.8, 4) is 0 Å². The zero-order valence-corrected chi connectivity index (χ0v) is 11.9. The Morgan fingerprint density at radius 1 is 1.48 bits per heavy atom. The molecule has 5 N–H and O–H groups in total. The number of benzene rings is 1. The molecule has 21 heavy (non-hydrogen) atoms. The van der Waals surface area contributed by atoms with Crippen molar-refractivity contribution in [2.75, 3.05) is 13.1 Å². The number of hydrogen-bond donors (Lipinski definition) is 3. The second-order valence-electron chi connectivity index (χ2n) is 5.67. The van der Waals surface area contributed by atoms with Crippen LogP contribution in [0.5, 0.6) is 0 Å². The van der Waals surface area contributed by atoms with Crippen LogP contribution < -0.4 is 17.0 Å². The largest absolute Gasteiger partial charge is 0.369 e. The van der Waals surface area contributed by atoms with Gasteiger partial charge < -0.3 is 5.73 Å². The van der Waals surface area contributed by atoms with E-state index >= 15 is 0 Å². The van der Waals surface area contributed by atoms with Gasteiger partial charge in [-0.1, -0.05) is 0 Å². The minimum Gasteiger partial charge on any atom is -0.369 e. The number of carbonyl (C=O) groups is 2. The highest BCUT2D eigenvalue weighted by molar-refractivity contribution is 5.93. The Morgan fingerprint density at radius 3 is 2.76 bits per heavy atom. The number of nitrogens with zero attached hydrogens (tertiary/aromatic N) is 1. The van der Waals surface area contributed by atoms with Crippen LogP contribution in [0.1, 0.15) is 29.3 Å². The molecule has 114 valence electrons. The molecule has 0 bridgehead atoms. The number of nitrogen functional groups attached to an aromatic ring is 1. The van der Waals surface area contributed by atoms with E-state index in [1.165, 1.54) is 18.2 Å². The van der Waals surface area contributed by atoms with Crippen LogP contribution in [0.3, 0.4) is 0 Å². The number of rotatable bonds is 4. The van der Waals surface area contributed by atoms with Gasteiger partial charge in [0.2, 0.25) is 5.91 Å². The van der Waals surface area contributed by atoms with Gasteiger partial charge in [0.05, 0.1) is 5.41 Å². The maximum Gasteiger partial charge on any atom is 0.265 e. The number of primary amides is 1. The Hall–Kier alpha value is -1.99. The second kappa shape index (κ2) is 5.79. The Bertz CT molecular complexity index is 578. The average Bonchev–Trinajstić information content (AvgIpc) is 2.83. The first kappa shape index (κ1) is 15.4. The Balaban J connectivity index is 2.14. The van der Waals surface area contributed by atoms with E-state index in [0.29, 0.717) is 37.2 Å². The van der Waals surface area contributed by atoms with Gasteiger partial charge in [-0.25, -0.2) is 10.2 Å². The van der Waals surface area contributed by atoms with Crippen LogP contribution in [-0.2, 0) is 11.3 Å². The molecule has 0 saturated carbocycles. The van der Waals surface area contributed by atoms with E-state index in [1.807, 2.05) is 17.2 Å². The molecule has 1 fully saturated rings. The van der Waals surface area contributed by atoms with E-state index < -0.39 is 17.1 Å². The lowest BCUT2D eigenvalue weighted by Gasteiger charge is -2.21. The summed E-state index contributed by atoms with van der Waals surface area (Å²) < 4.78 is 13.9. The summed E-state index contributed by atoms with van der Waals surface area (Å²) in [5.41, 5.74) is 7.52. The molecular weight excluding hydrogens is 275 g/mol. The summed E-state index contributed by atoms with van der Waals surface area (Å²) >= 11 is 0. The fourth-order valence-electron chi connectivity index (χ4n) is 2.55. The van der Waals surface area contributed by atoms with Gasteiger partial charge in [-0.2, -0.15) is 0 Å². The first-order valence-corrected chi connectivity index (χ1v) is 6.67. The Morgan fingerprint density at radius 2 is 2.19 bits per heavy atom. The number of likely N-dealkylation sites (tertiary alicyclic amines) is 1. The van der Waals surface area contributed by atoms with Crippen LogP contribution in [0, 0.1) is 11.2 Å². The minimum atomic E-state index is -0.581. The van der Waals surface area contributed by atoms with E-state index in [4.69, 9.17) is 11.6 Å². The summed E-state index contributed by atoms with van der Waals surface area (Å²) in [5, 5.41) is 0.